The van der Waals surface area contributed by atoms with Gasteiger partial charge in [-0.15, -0.1) is 0 Å². The molecule has 24 heavy (non-hydrogen) atoms. The first-order valence-corrected chi connectivity index (χ1v) is 8.17. The molecule has 4 N–H and O–H groups in total. The van der Waals surface area contributed by atoms with Crippen LogP contribution in [0, 0.1) is 12.7 Å². The molecule has 3 aromatic rings. The Balaban J connectivity index is 1.87. The van der Waals surface area contributed by atoms with Gasteiger partial charge in [0.05, 0.1) is 5.52 Å². The molecule has 0 bridgehead atoms. The van der Waals surface area contributed by atoms with E-state index in [1.807, 2.05) is 31.2 Å². The SMILES string of the molecule is Cc1cccc(F)c1-c1cc(O[C@@H]2CCNC2)c2cc(N)[nH]c2c1. The monoisotopic (exact) mass is 325 g/mol. The van der Waals surface area contributed by atoms with E-state index in [2.05, 4.69) is 10.3 Å². The number of H-pyrrole nitrogens is 1. The van der Waals surface area contributed by atoms with Crippen LogP contribution in [-0.2, 0) is 0 Å². The fourth-order valence-electron chi connectivity index (χ4n) is 3.37. The first-order chi connectivity index (χ1) is 11.6. The van der Waals surface area contributed by atoms with E-state index in [-0.39, 0.29) is 11.9 Å². The Kier molecular flexibility index (Phi) is 3.65. The van der Waals surface area contributed by atoms with Gasteiger partial charge in [0.2, 0.25) is 0 Å². The van der Waals surface area contributed by atoms with E-state index < -0.39 is 0 Å². The Bertz CT molecular complexity index is 877. The van der Waals surface area contributed by atoms with Crippen molar-refractivity contribution in [3.8, 4) is 16.9 Å². The largest absolute Gasteiger partial charge is 0.488 e. The highest BCUT2D eigenvalue weighted by Crippen LogP contribution is 2.36. The summed E-state index contributed by atoms with van der Waals surface area (Å²) in [7, 11) is 0. The minimum Gasteiger partial charge on any atom is -0.488 e. The Hall–Kier alpha value is -2.53. The second-order valence-electron chi connectivity index (χ2n) is 6.32. The van der Waals surface area contributed by atoms with Gasteiger partial charge in [0.1, 0.15) is 23.5 Å². The van der Waals surface area contributed by atoms with Gasteiger partial charge < -0.3 is 20.8 Å². The summed E-state index contributed by atoms with van der Waals surface area (Å²) in [5.41, 5.74) is 9.06. The third kappa shape index (κ3) is 2.61. The number of nitrogen functional groups attached to an aromatic ring is 1. The molecule has 2 heterocycles. The molecule has 1 aliphatic rings. The lowest BCUT2D eigenvalue weighted by molar-refractivity contribution is 0.226. The van der Waals surface area contributed by atoms with E-state index >= 15 is 0 Å². The maximum absolute atomic E-state index is 14.4. The number of aromatic nitrogens is 1. The molecule has 0 amide bonds. The second kappa shape index (κ2) is 5.83. The van der Waals surface area contributed by atoms with Crippen LogP contribution in [0.15, 0.2) is 36.4 Å². The van der Waals surface area contributed by atoms with Crippen LogP contribution >= 0.6 is 0 Å². The Morgan fingerprint density at radius 2 is 2.12 bits per heavy atom. The van der Waals surface area contributed by atoms with Crippen molar-refractivity contribution >= 4 is 16.7 Å². The van der Waals surface area contributed by atoms with Crippen molar-refractivity contribution < 1.29 is 9.13 Å². The fourth-order valence-corrected chi connectivity index (χ4v) is 3.37. The van der Waals surface area contributed by atoms with Crippen LogP contribution in [0.3, 0.4) is 0 Å². The minimum absolute atomic E-state index is 0.126. The molecule has 0 aliphatic carbocycles. The van der Waals surface area contributed by atoms with Crippen molar-refractivity contribution in [3.63, 3.8) is 0 Å². The van der Waals surface area contributed by atoms with Crippen molar-refractivity contribution in [2.24, 2.45) is 0 Å². The molecule has 4 nitrogen and oxygen atoms in total. The normalized spacial score (nSPS) is 17.5. The zero-order valence-electron chi connectivity index (χ0n) is 13.5. The molecule has 0 radical (unpaired) electrons. The molecular formula is C19H20FN3O. The molecule has 5 heteroatoms. The molecule has 1 saturated heterocycles. The maximum Gasteiger partial charge on any atom is 0.131 e. The number of nitrogens with two attached hydrogens (primary N) is 1. The summed E-state index contributed by atoms with van der Waals surface area (Å²) in [5, 5.41) is 4.22. The average Bonchev–Trinajstić information content (AvgIpc) is 3.16. The third-order valence-electron chi connectivity index (χ3n) is 4.54. The number of hydrogen-bond donors (Lipinski definition) is 3. The molecule has 0 unspecified atom stereocenters. The summed E-state index contributed by atoms with van der Waals surface area (Å²) < 4.78 is 20.6. The van der Waals surface area contributed by atoms with Gasteiger partial charge in [0.15, 0.2) is 0 Å². The van der Waals surface area contributed by atoms with Crippen LogP contribution in [0.1, 0.15) is 12.0 Å². The van der Waals surface area contributed by atoms with Gasteiger partial charge in [-0.25, -0.2) is 4.39 Å². The highest BCUT2D eigenvalue weighted by Gasteiger charge is 2.19. The molecule has 1 fully saturated rings. The number of ether oxygens (including phenoxy) is 1. The number of aromatic amines is 1. The smallest absolute Gasteiger partial charge is 0.131 e. The van der Waals surface area contributed by atoms with E-state index in [0.717, 1.165) is 47.3 Å². The van der Waals surface area contributed by atoms with Crippen LogP contribution < -0.4 is 15.8 Å². The first-order valence-electron chi connectivity index (χ1n) is 8.17. The van der Waals surface area contributed by atoms with Gasteiger partial charge in [-0.2, -0.15) is 0 Å². The quantitative estimate of drug-likeness (QED) is 0.689. The van der Waals surface area contributed by atoms with Crippen LogP contribution in [0.2, 0.25) is 0 Å². The van der Waals surface area contributed by atoms with Gasteiger partial charge in [-0.3, -0.25) is 0 Å². The maximum atomic E-state index is 14.4. The summed E-state index contributed by atoms with van der Waals surface area (Å²) in [6.07, 6.45) is 1.09. The molecule has 4 rings (SSSR count). The summed E-state index contributed by atoms with van der Waals surface area (Å²) in [5.74, 6) is 1.08. The topological polar surface area (TPSA) is 63.1 Å². The van der Waals surface area contributed by atoms with Crippen molar-refractivity contribution in [2.45, 2.75) is 19.4 Å². The lowest BCUT2D eigenvalue weighted by Gasteiger charge is -2.16. The standard InChI is InChI=1S/C19H20FN3O/c1-11-3-2-4-15(20)19(11)12-7-16-14(9-18(21)23-16)17(8-12)24-13-5-6-22-10-13/h2-4,7-9,13,22-23H,5-6,10,21H2,1H3/t13-/m1/s1. The summed E-state index contributed by atoms with van der Waals surface area (Å²) in [6.45, 7) is 3.69. The summed E-state index contributed by atoms with van der Waals surface area (Å²) >= 11 is 0. The number of hydrogen-bond acceptors (Lipinski definition) is 3. The lowest BCUT2D eigenvalue weighted by Crippen LogP contribution is -2.19. The van der Waals surface area contributed by atoms with Gasteiger partial charge in [-0.1, -0.05) is 12.1 Å². The number of nitrogens with one attached hydrogen (secondary N) is 2. The zero-order valence-corrected chi connectivity index (χ0v) is 13.5. The van der Waals surface area contributed by atoms with Gasteiger partial charge >= 0.3 is 0 Å². The highest BCUT2D eigenvalue weighted by atomic mass is 19.1. The molecule has 1 aliphatic heterocycles. The second-order valence-corrected chi connectivity index (χ2v) is 6.32. The Morgan fingerprint density at radius 1 is 1.25 bits per heavy atom. The number of rotatable bonds is 3. The number of fused-ring (bicyclic) bond motifs is 1. The number of aryl methyl sites for hydroxylation is 1. The average molecular weight is 325 g/mol. The van der Waals surface area contributed by atoms with Gasteiger partial charge in [0.25, 0.3) is 0 Å². The van der Waals surface area contributed by atoms with Crippen LogP contribution in [-0.4, -0.2) is 24.2 Å². The number of benzene rings is 2. The highest BCUT2D eigenvalue weighted by molar-refractivity contribution is 5.93. The van der Waals surface area contributed by atoms with E-state index in [0.29, 0.717) is 11.4 Å². The number of halogens is 1. The fraction of sp³-hybridized carbons (Fsp3) is 0.263. The molecule has 0 spiro atoms. The van der Waals surface area contributed by atoms with Crippen molar-refractivity contribution in [3.05, 3.63) is 47.8 Å². The van der Waals surface area contributed by atoms with Crippen LogP contribution in [0.25, 0.3) is 22.0 Å². The van der Waals surface area contributed by atoms with Crippen molar-refractivity contribution in [1.82, 2.24) is 10.3 Å². The Labute approximate surface area is 139 Å². The Morgan fingerprint density at radius 3 is 2.88 bits per heavy atom. The molecule has 124 valence electrons. The molecule has 1 atom stereocenters. The van der Waals surface area contributed by atoms with Crippen molar-refractivity contribution in [2.75, 3.05) is 18.8 Å². The molecule has 0 saturated carbocycles. The first kappa shape index (κ1) is 15.0. The third-order valence-corrected chi connectivity index (χ3v) is 4.54. The van der Waals surface area contributed by atoms with Gasteiger partial charge in [0, 0.05) is 17.5 Å². The predicted molar refractivity (Wildman–Crippen MR) is 94.7 cm³/mol. The van der Waals surface area contributed by atoms with E-state index in [4.69, 9.17) is 10.5 Å². The van der Waals surface area contributed by atoms with Crippen LogP contribution in [0.5, 0.6) is 5.75 Å². The molecular weight excluding hydrogens is 305 g/mol. The molecule has 1 aromatic heterocycles. The predicted octanol–water partition coefficient (Wildman–Crippen LogP) is 3.61. The summed E-state index contributed by atoms with van der Waals surface area (Å²) in [6, 6.07) is 10.8. The summed E-state index contributed by atoms with van der Waals surface area (Å²) in [4.78, 5) is 3.13. The molecule has 2 aromatic carbocycles. The van der Waals surface area contributed by atoms with Crippen molar-refractivity contribution in [1.29, 1.82) is 0 Å². The van der Waals surface area contributed by atoms with Crippen LogP contribution in [0.4, 0.5) is 10.2 Å². The minimum atomic E-state index is -0.234. The van der Waals surface area contributed by atoms with E-state index in [1.165, 1.54) is 6.07 Å². The van der Waals surface area contributed by atoms with Gasteiger partial charge in [-0.05, 0) is 55.3 Å². The number of anilines is 1. The van der Waals surface area contributed by atoms with E-state index in [9.17, 15) is 4.39 Å². The lowest BCUT2D eigenvalue weighted by atomic mass is 9.98. The zero-order chi connectivity index (χ0) is 16.7. The van der Waals surface area contributed by atoms with E-state index in [1.54, 1.807) is 6.07 Å².